The third kappa shape index (κ3) is 3.25. The van der Waals surface area contributed by atoms with Crippen LogP contribution in [0.15, 0.2) is 30.5 Å². The summed E-state index contributed by atoms with van der Waals surface area (Å²) < 4.78 is 13.1. The lowest BCUT2D eigenvalue weighted by molar-refractivity contribution is 0.00578. The van der Waals surface area contributed by atoms with Crippen molar-refractivity contribution in [2.24, 2.45) is 5.92 Å². The van der Waals surface area contributed by atoms with Gasteiger partial charge in [-0.15, -0.1) is 0 Å². The second-order valence-electron chi connectivity index (χ2n) is 9.93. The molecule has 1 saturated heterocycles. The van der Waals surface area contributed by atoms with Gasteiger partial charge < -0.3 is 14.3 Å². The molecule has 0 amide bonds. The van der Waals surface area contributed by atoms with E-state index >= 15 is 0 Å². The zero-order valence-electron chi connectivity index (χ0n) is 17.6. The van der Waals surface area contributed by atoms with Crippen LogP contribution in [0.3, 0.4) is 0 Å². The number of aromatic amines is 1. The van der Waals surface area contributed by atoms with Gasteiger partial charge in [-0.05, 0) is 58.1 Å². The molecule has 1 atom stereocenters. The minimum absolute atomic E-state index is 0.0416. The van der Waals surface area contributed by atoms with E-state index in [9.17, 15) is 0 Å². The molecule has 4 rings (SSSR count). The number of H-pyrrole nitrogens is 1. The molecule has 1 saturated carbocycles. The van der Waals surface area contributed by atoms with Gasteiger partial charge in [0.05, 0.1) is 11.2 Å². The van der Waals surface area contributed by atoms with Crippen molar-refractivity contribution in [3.63, 3.8) is 0 Å². The molecule has 0 radical (unpaired) electrons. The Balaban J connectivity index is 1.59. The summed E-state index contributed by atoms with van der Waals surface area (Å²) >= 11 is 0. The number of benzene rings is 1. The van der Waals surface area contributed by atoms with E-state index in [0.29, 0.717) is 5.92 Å². The Morgan fingerprint density at radius 1 is 1.07 bits per heavy atom. The number of rotatable bonds is 5. The van der Waals surface area contributed by atoms with Crippen LogP contribution in [0.2, 0.25) is 5.31 Å². The van der Waals surface area contributed by atoms with Crippen LogP contribution < -0.4 is 0 Å². The van der Waals surface area contributed by atoms with Gasteiger partial charge in [0.2, 0.25) is 0 Å². The van der Waals surface area contributed by atoms with Gasteiger partial charge in [-0.2, -0.15) is 0 Å². The fourth-order valence-corrected chi connectivity index (χ4v) is 4.95. The molecule has 1 unspecified atom stereocenters. The maximum Gasteiger partial charge on any atom is 0.464 e. The topological polar surface area (TPSA) is 34.2 Å². The van der Waals surface area contributed by atoms with Gasteiger partial charge in [0, 0.05) is 22.4 Å². The normalized spacial score (nSPS) is 24.6. The van der Waals surface area contributed by atoms with Crippen LogP contribution in [-0.2, 0) is 15.7 Å². The Morgan fingerprint density at radius 2 is 1.70 bits per heavy atom. The summed E-state index contributed by atoms with van der Waals surface area (Å²) in [6, 6.07) is 8.60. The van der Waals surface area contributed by atoms with E-state index in [1.807, 2.05) is 0 Å². The van der Waals surface area contributed by atoms with Gasteiger partial charge >= 0.3 is 7.12 Å². The van der Waals surface area contributed by atoms with E-state index < -0.39 is 0 Å². The Labute approximate surface area is 164 Å². The summed E-state index contributed by atoms with van der Waals surface area (Å²) in [7, 11) is -0.129. The summed E-state index contributed by atoms with van der Waals surface area (Å²) in [4.78, 5) is 3.43. The Kier molecular flexibility index (Phi) is 4.71. The molecule has 0 spiro atoms. The molecule has 2 heterocycles. The first-order valence-corrected chi connectivity index (χ1v) is 10.6. The lowest BCUT2D eigenvalue weighted by atomic mass is 9.49. The molecule has 1 aromatic heterocycles. The molecule has 146 valence electrons. The van der Waals surface area contributed by atoms with E-state index in [0.717, 1.165) is 12.8 Å². The van der Waals surface area contributed by atoms with E-state index in [1.165, 1.54) is 42.1 Å². The van der Waals surface area contributed by atoms with E-state index in [4.69, 9.17) is 9.31 Å². The highest BCUT2D eigenvalue weighted by molar-refractivity contribution is 6.49. The molecule has 2 fully saturated rings. The summed E-state index contributed by atoms with van der Waals surface area (Å²) in [5.74, 6) is 0.678. The van der Waals surface area contributed by atoms with Gasteiger partial charge in [-0.3, -0.25) is 0 Å². The predicted molar refractivity (Wildman–Crippen MR) is 113 cm³/mol. The highest BCUT2D eigenvalue weighted by Gasteiger charge is 2.59. The van der Waals surface area contributed by atoms with Gasteiger partial charge in [-0.1, -0.05) is 50.8 Å². The average Bonchev–Trinajstić information content (AvgIpc) is 3.32. The van der Waals surface area contributed by atoms with E-state index in [2.05, 4.69) is 70.1 Å². The zero-order valence-corrected chi connectivity index (χ0v) is 17.6. The molecule has 3 nitrogen and oxygen atoms in total. The number of aryl methyl sites for hydroxylation is 1. The van der Waals surface area contributed by atoms with Gasteiger partial charge in [0.1, 0.15) is 0 Å². The maximum absolute atomic E-state index is 6.57. The average molecular weight is 367 g/mol. The first-order valence-electron chi connectivity index (χ1n) is 10.6. The number of hydrogen-bond acceptors (Lipinski definition) is 2. The van der Waals surface area contributed by atoms with Crippen LogP contribution in [-0.4, -0.2) is 23.3 Å². The first kappa shape index (κ1) is 19.1. The van der Waals surface area contributed by atoms with Crippen molar-refractivity contribution in [3.8, 4) is 0 Å². The molecule has 1 aromatic carbocycles. The summed E-state index contributed by atoms with van der Waals surface area (Å²) in [6.45, 7) is 11.1. The Morgan fingerprint density at radius 3 is 2.37 bits per heavy atom. The number of nitrogens with one attached hydrogen (secondary N) is 1. The standard InChI is InChI=1S/C23H34BNO2/c1-21(2)22(3,4)27-24(26-21)23(5,18-10-6-7-11-18)15-14-17-16-25-20-13-9-8-12-19(17)20/h8-9,12-13,16,18,25H,6-7,10-11,14-15H2,1-5H3. The van der Waals surface area contributed by atoms with E-state index in [-0.39, 0.29) is 23.6 Å². The number of fused-ring (bicyclic) bond motifs is 1. The molecule has 1 aliphatic carbocycles. The second-order valence-corrected chi connectivity index (χ2v) is 9.93. The fraction of sp³-hybridized carbons (Fsp3) is 0.652. The van der Waals surface area contributed by atoms with Gasteiger partial charge in [0.15, 0.2) is 0 Å². The monoisotopic (exact) mass is 367 g/mol. The van der Waals surface area contributed by atoms with Crippen molar-refractivity contribution in [2.45, 2.75) is 89.7 Å². The molecule has 2 aliphatic rings. The Hall–Kier alpha value is -1.26. The van der Waals surface area contributed by atoms with Crippen LogP contribution >= 0.6 is 0 Å². The first-order chi connectivity index (χ1) is 12.7. The largest absolute Gasteiger partial charge is 0.464 e. The highest BCUT2D eigenvalue weighted by Crippen LogP contribution is 2.55. The minimum Gasteiger partial charge on any atom is -0.403 e. The Bertz CT molecular complexity index is 790. The summed E-state index contributed by atoms with van der Waals surface area (Å²) in [5.41, 5.74) is 2.11. The van der Waals surface area contributed by atoms with E-state index in [1.54, 1.807) is 0 Å². The second kappa shape index (κ2) is 6.67. The highest BCUT2D eigenvalue weighted by atomic mass is 16.7. The molecule has 1 aliphatic heterocycles. The molecule has 27 heavy (non-hydrogen) atoms. The van der Waals surface area contributed by atoms with Crippen LogP contribution in [0.5, 0.6) is 0 Å². The number of aromatic nitrogens is 1. The quantitative estimate of drug-likeness (QED) is 0.644. The maximum atomic E-state index is 6.57. The van der Waals surface area contributed by atoms with Crippen molar-refractivity contribution < 1.29 is 9.31 Å². The van der Waals surface area contributed by atoms with Crippen molar-refractivity contribution >= 4 is 18.0 Å². The lowest BCUT2D eigenvalue weighted by Gasteiger charge is -2.37. The van der Waals surface area contributed by atoms with Crippen molar-refractivity contribution in [1.82, 2.24) is 4.98 Å². The third-order valence-electron chi connectivity index (χ3n) is 7.69. The fourth-order valence-electron chi connectivity index (χ4n) is 4.95. The van der Waals surface area contributed by atoms with Crippen LogP contribution in [0, 0.1) is 5.92 Å². The third-order valence-corrected chi connectivity index (χ3v) is 7.69. The zero-order chi connectivity index (χ0) is 19.3. The van der Waals surface area contributed by atoms with Crippen LogP contribution in [0.1, 0.15) is 72.3 Å². The molecular weight excluding hydrogens is 333 g/mol. The number of hydrogen-bond donors (Lipinski definition) is 1. The molecule has 2 aromatic rings. The van der Waals surface area contributed by atoms with Crippen LogP contribution in [0.25, 0.3) is 10.9 Å². The van der Waals surface area contributed by atoms with Gasteiger partial charge in [-0.25, -0.2) is 0 Å². The van der Waals surface area contributed by atoms with Crippen molar-refractivity contribution in [3.05, 3.63) is 36.0 Å². The lowest BCUT2D eigenvalue weighted by Crippen LogP contribution is -2.41. The predicted octanol–water partition coefficient (Wildman–Crippen LogP) is 6.14. The molecule has 0 bridgehead atoms. The van der Waals surface area contributed by atoms with Crippen molar-refractivity contribution in [1.29, 1.82) is 0 Å². The molecular formula is C23H34BNO2. The molecule has 1 N–H and O–H groups in total. The SMILES string of the molecule is CC(CCc1c[nH]c2ccccc12)(B1OC(C)(C)C(C)(C)O1)C1CCCC1. The summed E-state index contributed by atoms with van der Waals surface area (Å²) in [5, 5.41) is 1.39. The van der Waals surface area contributed by atoms with Crippen LogP contribution in [0.4, 0.5) is 0 Å². The molecule has 4 heteroatoms. The number of para-hydroxylation sites is 1. The minimum atomic E-state index is -0.266. The smallest absolute Gasteiger partial charge is 0.403 e. The van der Waals surface area contributed by atoms with Crippen molar-refractivity contribution in [2.75, 3.05) is 0 Å². The summed E-state index contributed by atoms with van der Waals surface area (Å²) in [6.07, 6.45) is 9.62. The van der Waals surface area contributed by atoms with Gasteiger partial charge in [0.25, 0.3) is 0 Å².